The zero-order valence-corrected chi connectivity index (χ0v) is 18.3. The predicted molar refractivity (Wildman–Crippen MR) is 118 cm³/mol. The number of carbonyl (C=O) groups is 2. The van der Waals surface area contributed by atoms with Crippen molar-refractivity contribution in [2.75, 3.05) is 25.1 Å². The molecule has 0 unspecified atom stereocenters. The molecule has 2 amide bonds. The molecule has 2 rings (SSSR count). The molecule has 0 aliphatic heterocycles. The van der Waals surface area contributed by atoms with Gasteiger partial charge in [0.05, 0.1) is 12.8 Å². The van der Waals surface area contributed by atoms with E-state index in [-0.39, 0.29) is 11.8 Å². The van der Waals surface area contributed by atoms with Crippen molar-refractivity contribution in [2.24, 2.45) is 0 Å². The number of para-hydroxylation sites is 1. The van der Waals surface area contributed by atoms with Crippen LogP contribution in [-0.2, 0) is 4.79 Å². The Morgan fingerprint density at radius 1 is 0.966 bits per heavy atom. The van der Waals surface area contributed by atoms with E-state index in [2.05, 4.69) is 51.2 Å². The normalized spacial score (nSPS) is 10.9. The Hall–Kier alpha value is -2.82. The van der Waals surface area contributed by atoms with Gasteiger partial charge in [0, 0.05) is 25.6 Å². The molecule has 0 aromatic heterocycles. The summed E-state index contributed by atoms with van der Waals surface area (Å²) in [6.07, 6.45) is 0. The van der Waals surface area contributed by atoms with E-state index in [0.29, 0.717) is 36.2 Å². The van der Waals surface area contributed by atoms with Gasteiger partial charge in [-0.2, -0.15) is 0 Å². The van der Waals surface area contributed by atoms with Crippen LogP contribution in [0.4, 0.5) is 5.69 Å². The minimum absolute atomic E-state index is 0.0290. The highest BCUT2D eigenvalue weighted by Crippen LogP contribution is 2.35. The van der Waals surface area contributed by atoms with Gasteiger partial charge in [0.25, 0.3) is 5.91 Å². The number of amides is 2. The lowest BCUT2D eigenvalue weighted by Crippen LogP contribution is -2.38. The number of hydrogen-bond donors (Lipinski definition) is 1. The fourth-order valence-corrected chi connectivity index (χ4v) is 3.38. The summed E-state index contributed by atoms with van der Waals surface area (Å²) in [5, 5.41) is 2.92. The number of anilines is 1. The lowest BCUT2D eigenvalue weighted by Gasteiger charge is -2.29. The smallest absolute Gasteiger partial charge is 0.251 e. The summed E-state index contributed by atoms with van der Waals surface area (Å²) in [7, 11) is 1.59. The fraction of sp³-hybridized carbons (Fsp3) is 0.417. The molecule has 0 bridgehead atoms. The summed E-state index contributed by atoms with van der Waals surface area (Å²) in [4.78, 5) is 26.7. The molecule has 0 aliphatic carbocycles. The van der Waals surface area contributed by atoms with Crippen LogP contribution in [0.2, 0.25) is 0 Å². The summed E-state index contributed by atoms with van der Waals surface area (Å²) in [6.45, 7) is 10.9. The molecule has 0 aliphatic rings. The molecule has 5 heteroatoms. The standard InChI is InChI=1S/C24H32N2O3/c1-16(2)21-8-7-9-22(17(3)4)23(21)26(18(5)27)15-14-25-24(28)19-10-12-20(29-6)13-11-19/h7-13,16-17H,14-15H2,1-6H3,(H,25,28). The van der Waals surface area contributed by atoms with Crippen molar-refractivity contribution in [2.45, 2.75) is 46.5 Å². The maximum atomic E-state index is 12.5. The molecule has 5 nitrogen and oxygen atoms in total. The number of ether oxygens (including phenoxy) is 1. The van der Waals surface area contributed by atoms with E-state index in [0.717, 1.165) is 16.8 Å². The molecule has 2 aromatic carbocycles. The Bertz CT molecular complexity index is 815. The first-order chi connectivity index (χ1) is 13.8. The van der Waals surface area contributed by atoms with Gasteiger partial charge in [-0.1, -0.05) is 45.9 Å². The molecular formula is C24H32N2O3. The number of rotatable bonds is 8. The first kappa shape index (κ1) is 22.5. The van der Waals surface area contributed by atoms with Gasteiger partial charge >= 0.3 is 0 Å². The van der Waals surface area contributed by atoms with E-state index >= 15 is 0 Å². The quantitative estimate of drug-likeness (QED) is 0.702. The summed E-state index contributed by atoms with van der Waals surface area (Å²) in [5.41, 5.74) is 3.83. The van der Waals surface area contributed by atoms with Crippen molar-refractivity contribution in [1.82, 2.24) is 5.32 Å². The molecule has 0 saturated heterocycles. The van der Waals surface area contributed by atoms with Gasteiger partial charge in [-0.3, -0.25) is 9.59 Å². The van der Waals surface area contributed by atoms with E-state index in [1.165, 1.54) is 0 Å². The van der Waals surface area contributed by atoms with Gasteiger partial charge in [0.15, 0.2) is 0 Å². The van der Waals surface area contributed by atoms with Crippen molar-refractivity contribution in [3.8, 4) is 5.75 Å². The first-order valence-electron chi connectivity index (χ1n) is 10.1. The SMILES string of the molecule is COc1ccc(C(=O)NCCN(C(C)=O)c2c(C(C)C)cccc2C(C)C)cc1. The number of carbonyl (C=O) groups excluding carboxylic acids is 2. The van der Waals surface area contributed by atoms with Crippen LogP contribution < -0.4 is 15.0 Å². The molecule has 29 heavy (non-hydrogen) atoms. The van der Waals surface area contributed by atoms with Crippen molar-refractivity contribution >= 4 is 17.5 Å². The zero-order chi connectivity index (χ0) is 21.6. The van der Waals surface area contributed by atoms with Crippen LogP contribution in [0, 0.1) is 0 Å². The van der Waals surface area contributed by atoms with Crippen LogP contribution in [0.3, 0.4) is 0 Å². The highest BCUT2D eigenvalue weighted by atomic mass is 16.5. The topological polar surface area (TPSA) is 58.6 Å². The summed E-state index contributed by atoms with van der Waals surface area (Å²) < 4.78 is 5.12. The molecule has 0 heterocycles. The van der Waals surface area contributed by atoms with Gasteiger partial charge in [0.1, 0.15) is 5.75 Å². The molecular weight excluding hydrogens is 364 g/mol. The van der Waals surface area contributed by atoms with Crippen molar-refractivity contribution in [3.05, 3.63) is 59.2 Å². The van der Waals surface area contributed by atoms with E-state index in [1.54, 1.807) is 43.2 Å². The maximum absolute atomic E-state index is 12.5. The third-order valence-electron chi connectivity index (χ3n) is 4.97. The largest absolute Gasteiger partial charge is 0.497 e. The Kier molecular flexibility index (Phi) is 7.82. The zero-order valence-electron chi connectivity index (χ0n) is 18.3. The van der Waals surface area contributed by atoms with Gasteiger partial charge in [-0.15, -0.1) is 0 Å². The lowest BCUT2D eigenvalue weighted by atomic mass is 9.92. The van der Waals surface area contributed by atoms with Crippen LogP contribution in [0.1, 0.15) is 67.9 Å². The minimum atomic E-state index is -0.169. The van der Waals surface area contributed by atoms with Crippen LogP contribution in [0.25, 0.3) is 0 Å². The number of nitrogens with zero attached hydrogens (tertiary/aromatic N) is 1. The third kappa shape index (κ3) is 5.59. The molecule has 0 spiro atoms. The van der Waals surface area contributed by atoms with Crippen LogP contribution in [0.15, 0.2) is 42.5 Å². The van der Waals surface area contributed by atoms with E-state index in [9.17, 15) is 9.59 Å². The monoisotopic (exact) mass is 396 g/mol. The second-order valence-corrected chi connectivity index (χ2v) is 7.75. The van der Waals surface area contributed by atoms with Gasteiger partial charge < -0.3 is 15.0 Å². The van der Waals surface area contributed by atoms with Crippen molar-refractivity contribution < 1.29 is 14.3 Å². The average Bonchev–Trinajstić information content (AvgIpc) is 2.70. The molecule has 0 atom stereocenters. The summed E-state index contributed by atoms with van der Waals surface area (Å²) >= 11 is 0. The molecule has 0 saturated carbocycles. The van der Waals surface area contributed by atoms with Crippen LogP contribution >= 0.6 is 0 Å². The number of nitrogens with one attached hydrogen (secondary N) is 1. The van der Waals surface area contributed by atoms with Crippen LogP contribution in [0.5, 0.6) is 5.75 Å². The van der Waals surface area contributed by atoms with E-state index < -0.39 is 0 Å². The Morgan fingerprint density at radius 2 is 1.52 bits per heavy atom. The summed E-state index contributed by atoms with van der Waals surface area (Å²) in [5.74, 6) is 1.09. The minimum Gasteiger partial charge on any atom is -0.497 e. The Morgan fingerprint density at radius 3 is 1.97 bits per heavy atom. The number of benzene rings is 2. The average molecular weight is 397 g/mol. The van der Waals surface area contributed by atoms with E-state index in [1.807, 2.05) is 0 Å². The van der Waals surface area contributed by atoms with Crippen molar-refractivity contribution in [3.63, 3.8) is 0 Å². The summed E-state index contributed by atoms with van der Waals surface area (Å²) in [6, 6.07) is 13.2. The number of methoxy groups -OCH3 is 1. The lowest BCUT2D eigenvalue weighted by molar-refractivity contribution is -0.116. The highest BCUT2D eigenvalue weighted by Gasteiger charge is 2.22. The fourth-order valence-electron chi connectivity index (χ4n) is 3.38. The van der Waals surface area contributed by atoms with Gasteiger partial charge in [-0.25, -0.2) is 0 Å². The molecule has 0 radical (unpaired) electrons. The molecule has 0 fully saturated rings. The van der Waals surface area contributed by atoms with E-state index in [4.69, 9.17) is 4.74 Å². The first-order valence-corrected chi connectivity index (χ1v) is 10.1. The van der Waals surface area contributed by atoms with Gasteiger partial charge in [-0.05, 0) is 47.2 Å². The highest BCUT2D eigenvalue weighted by molar-refractivity contribution is 5.95. The number of hydrogen-bond acceptors (Lipinski definition) is 3. The van der Waals surface area contributed by atoms with Crippen molar-refractivity contribution in [1.29, 1.82) is 0 Å². The van der Waals surface area contributed by atoms with Gasteiger partial charge in [0.2, 0.25) is 5.91 Å². The molecule has 2 aromatic rings. The Labute approximate surface area is 174 Å². The van der Waals surface area contributed by atoms with Crippen LogP contribution in [-0.4, -0.2) is 32.0 Å². The Balaban J connectivity index is 2.19. The maximum Gasteiger partial charge on any atom is 0.251 e. The molecule has 1 N–H and O–H groups in total. The second-order valence-electron chi connectivity index (χ2n) is 7.75. The third-order valence-corrected chi connectivity index (χ3v) is 4.97. The molecule has 156 valence electrons. The predicted octanol–water partition coefficient (Wildman–Crippen LogP) is 4.72. The second kappa shape index (κ2) is 10.1.